The van der Waals surface area contributed by atoms with Crippen LogP contribution < -0.4 is 10.6 Å². The SMILES string of the molecule is CC(=O)Nc1ccc(NC(=O)[C@H](C)OC(=O)/C=C/c2ccc(C#N)cc2)cc1. The number of esters is 1. The molecule has 0 aliphatic rings. The van der Waals surface area contributed by atoms with E-state index in [1.54, 1.807) is 48.5 Å². The van der Waals surface area contributed by atoms with E-state index < -0.39 is 18.0 Å². The third-order valence-corrected chi connectivity index (χ3v) is 3.59. The Morgan fingerprint density at radius 1 is 1.00 bits per heavy atom. The summed E-state index contributed by atoms with van der Waals surface area (Å²) >= 11 is 0. The van der Waals surface area contributed by atoms with Crippen molar-refractivity contribution in [3.63, 3.8) is 0 Å². The predicted molar refractivity (Wildman–Crippen MR) is 105 cm³/mol. The molecule has 7 heteroatoms. The summed E-state index contributed by atoms with van der Waals surface area (Å²) in [6, 6.07) is 15.2. The second kappa shape index (κ2) is 9.69. The van der Waals surface area contributed by atoms with Gasteiger partial charge in [0, 0.05) is 24.4 Å². The summed E-state index contributed by atoms with van der Waals surface area (Å²) < 4.78 is 5.08. The highest BCUT2D eigenvalue weighted by molar-refractivity contribution is 5.97. The first kappa shape index (κ1) is 20.4. The van der Waals surface area contributed by atoms with Crippen molar-refractivity contribution in [2.75, 3.05) is 10.6 Å². The maximum Gasteiger partial charge on any atom is 0.331 e. The van der Waals surface area contributed by atoms with Gasteiger partial charge in [-0.05, 0) is 55.0 Å². The number of carbonyl (C=O) groups excluding carboxylic acids is 3. The Morgan fingerprint density at radius 3 is 2.11 bits per heavy atom. The maximum atomic E-state index is 12.1. The van der Waals surface area contributed by atoms with Gasteiger partial charge >= 0.3 is 5.97 Å². The summed E-state index contributed by atoms with van der Waals surface area (Å²) in [7, 11) is 0. The largest absolute Gasteiger partial charge is 0.449 e. The molecule has 142 valence electrons. The van der Waals surface area contributed by atoms with Gasteiger partial charge in [0.1, 0.15) is 0 Å². The number of rotatable bonds is 6. The molecule has 1 atom stereocenters. The van der Waals surface area contributed by atoms with Crippen molar-refractivity contribution in [3.05, 3.63) is 65.7 Å². The summed E-state index contributed by atoms with van der Waals surface area (Å²) in [5.74, 6) is -1.33. The van der Waals surface area contributed by atoms with Crippen molar-refractivity contribution in [3.8, 4) is 6.07 Å². The van der Waals surface area contributed by atoms with E-state index in [-0.39, 0.29) is 5.91 Å². The lowest BCUT2D eigenvalue weighted by Gasteiger charge is -2.12. The number of hydrogen-bond donors (Lipinski definition) is 2. The van der Waals surface area contributed by atoms with Crippen LogP contribution in [0.25, 0.3) is 6.08 Å². The van der Waals surface area contributed by atoms with Gasteiger partial charge < -0.3 is 15.4 Å². The minimum Gasteiger partial charge on any atom is -0.449 e. The highest BCUT2D eigenvalue weighted by atomic mass is 16.5. The molecule has 0 fully saturated rings. The molecule has 0 aromatic heterocycles. The molecule has 2 aromatic carbocycles. The Balaban J connectivity index is 1.86. The molecule has 0 saturated heterocycles. The molecule has 2 rings (SSSR count). The maximum absolute atomic E-state index is 12.1. The van der Waals surface area contributed by atoms with Crippen LogP contribution in [0.1, 0.15) is 25.0 Å². The lowest BCUT2D eigenvalue weighted by Crippen LogP contribution is -2.29. The van der Waals surface area contributed by atoms with Gasteiger partial charge in [0.05, 0.1) is 11.6 Å². The molecular weight excluding hydrogens is 358 g/mol. The first-order chi connectivity index (χ1) is 13.4. The van der Waals surface area contributed by atoms with Gasteiger partial charge in [0.2, 0.25) is 5.91 Å². The van der Waals surface area contributed by atoms with Crippen LogP contribution in [0.2, 0.25) is 0 Å². The third kappa shape index (κ3) is 6.42. The monoisotopic (exact) mass is 377 g/mol. The van der Waals surface area contributed by atoms with E-state index in [9.17, 15) is 14.4 Å². The fourth-order valence-electron chi connectivity index (χ4n) is 2.18. The van der Waals surface area contributed by atoms with E-state index in [0.717, 1.165) is 5.56 Å². The zero-order valence-electron chi connectivity index (χ0n) is 15.4. The van der Waals surface area contributed by atoms with Crippen molar-refractivity contribution in [2.45, 2.75) is 20.0 Å². The summed E-state index contributed by atoms with van der Waals surface area (Å²) in [5, 5.41) is 14.0. The van der Waals surface area contributed by atoms with Crippen LogP contribution in [0.3, 0.4) is 0 Å². The number of carbonyl (C=O) groups is 3. The number of nitrogens with one attached hydrogen (secondary N) is 2. The fourth-order valence-corrected chi connectivity index (χ4v) is 2.18. The first-order valence-electron chi connectivity index (χ1n) is 8.45. The van der Waals surface area contributed by atoms with Gasteiger partial charge in [0.15, 0.2) is 6.10 Å². The van der Waals surface area contributed by atoms with E-state index in [0.29, 0.717) is 16.9 Å². The minimum absolute atomic E-state index is 0.189. The quantitative estimate of drug-likeness (QED) is 0.594. The number of nitriles is 1. The molecular formula is C21H19N3O4. The Hall–Kier alpha value is -3.92. The molecule has 28 heavy (non-hydrogen) atoms. The predicted octanol–water partition coefficient (Wildman–Crippen LogP) is 3.10. The number of nitrogens with zero attached hydrogens (tertiary/aromatic N) is 1. The van der Waals surface area contributed by atoms with Crippen LogP contribution in [0.5, 0.6) is 0 Å². The fraction of sp³-hybridized carbons (Fsp3) is 0.143. The summed E-state index contributed by atoms with van der Waals surface area (Å²) in [4.78, 5) is 35.0. The van der Waals surface area contributed by atoms with Gasteiger partial charge in [-0.15, -0.1) is 0 Å². The summed E-state index contributed by atoms with van der Waals surface area (Å²) in [5.41, 5.74) is 2.37. The molecule has 7 nitrogen and oxygen atoms in total. The second-order valence-corrected chi connectivity index (χ2v) is 5.89. The topological polar surface area (TPSA) is 108 Å². The Morgan fingerprint density at radius 2 is 1.57 bits per heavy atom. The number of hydrogen-bond acceptors (Lipinski definition) is 5. The molecule has 0 spiro atoms. The standard InChI is InChI=1S/C21H19N3O4/c1-14(21(27)24-19-10-8-18(9-11-19)23-15(2)25)28-20(26)12-7-16-3-5-17(13-22)6-4-16/h3-12,14H,1-2H3,(H,23,25)(H,24,27)/b12-7+/t14-/m0/s1. The van der Waals surface area contributed by atoms with Crippen LogP contribution in [-0.4, -0.2) is 23.9 Å². The smallest absolute Gasteiger partial charge is 0.331 e. The van der Waals surface area contributed by atoms with E-state index >= 15 is 0 Å². The van der Waals surface area contributed by atoms with Crippen LogP contribution in [0, 0.1) is 11.3 Å². The number of anilines is 2. The lowest BCUT2D eigenvalue weighted by atomic mass is 10.1. The average molecular weight is 377 g/mol. The molecule has 2 aromatic rings. The van der Waals surface area contributed by atoms with Gasteiger partial charge in [-0.1, -0.05) is 12.1 Å². The van der Waals surface area contributed by atoms with E-state index in [1.807, 2.05) is 6.07 Å². The normalized spacial score (nSPS) is 11.3. The number of ether oxygens (including phenoxy) is 1. The molecule has 0 aliphatic carbocycles. The Labute approximate surface area is 162 Å². The number of benzene rings is 2. The molecule has 0 bridgehead atoms. The molecule has 0 radical (unpaired) electrons. The second-order valence-electron chi connectivity index (χ2n) is 5.89. The summed E-state index contributed by atoms with van der Waals surface area (Å²) in [6.07, 6.45) is 1.76. The van der Waals surface area contributed by atoms with E-state index in [1.165, 1.54) is 26.0 Å². The molecule has 0 saturated carbocycles. The third-order valence-electron chi connectivity index (χ3n) is 3.59. The summed E-state index contributed by atoms with van der Waals surface area (Å²) in [6.45, 7) is 2.87. The van der Waals surface area contributed by atoms with Crippen molar-refractivity contribution >= 4 is 35.2 Å². The lowest BCUT2D eigenvalue weighted by molar-refractivity contribution is -0.148. The minimum atomic E-state index is -0.992. The van der Waals surface area contributed by atoms with Gasteiger partial charge in [-0.25, -0.2) is 4.79 Å². The van der Waals surface area contributed by atoms with Crippen molar-refractivity contribution in [1.29, 1.82) is 5.26 Å². The molecule has 0 unspecified atom stereocenters. The van der Waals surface area contributed by atoms with E-state index in [4.69, 9.17) is 10.00 Å². The zero-order valence-corrected chi connectivity index (χ0v) is 15.4. The van der Waals surface area contributed by atoms with Crippen LogP contribution >= 0.6 is 0 Å². The zero-order chi connectivity index (χ0) is 20.5. The molecule has 2 N–H and O–H groups in total. The van der Waals surface area contributed by atoms with Crippen molar-refractivity contribution < 1.29 is 19.1 Å². The molecule has 0 aliphatic heterocycles. The highest BCUT2D eigenvalue weighted by Gasteiger charge is 2.16. The van der Waals surface area contributed by atoms with Crippen molar-refractivity contribution in [2.24, 2.45) is 0 Å². The van der Waals surface area contributed by atoms with Gasteiger partial charge in [-0.3, -0.25) is 9.59 Å². The first-order valence-corrected chi connectivity index (χ1v) is 8.45. The van der Waals surface area contributed by atoms with E-state index in [2.05, 4.69) is 10.6 Å². The van der Waals surface area contributed by atoms with Crippen LogP contribution in [-0.2, 0) is 19.1 Å². The molecule has 0 heterocycles. The Kier molecular flexibility index (Phi) is 7.06. The van der Waals surface area contributed by atoms with Crippen LogP contribution in [0.4, 0.5) is 11.4 Å². The van der Waals surface area contributed by atoms with Gasteiger partial charge in [0.25, 0.3) is 5.91 Å². The molecule has 2 amide bonds. The Bertz CT molecular complexity index is 926. The van der Waals surface area contributed by atoms with Gasteiger partial charge in [-0.2, -0.15) is 5.26 Å². The van der Waals surface area contributed by atoms with Crippen molar-refractivity contribution in [1.82, 2.24) is 0 Å². The van der Waals surface area contributed by atoms with Crippen LogP contribution in [0.15, 0.2) is 54.6 Å². The average Bonchev–Trinajstić information content (AvgIpc) is 2.67. The highest BCUT2D eigenvalue weighted by Crippen LogP contribution is 2.14. The number of amides is 2.